The number of carbonyl (C=O) groups is 3. The van der Waals surface area contributed by atoms with Crippen LogP contribution in [0.4, 0.5) is 11.4 Å². The summed E-state index contributed by atoms with van der Waals surface area (Å²) >= 11 is 12.8. The van der Waals surface area contributed by atoms with E-state index in [0.717, 1.165) is 19.5 Å². The molecule has 3 amide bonds. The molecule has 3 aromatic rings. The molecule has 5 rings (SSSR count). The Bertz CT molecular complexity index is 1410. The second kappa shape index (κ2) is 12.3. The minimum Gasteiger partial charge on any atom is -0.481 e. The number of carbonyl (C=O) groups excluding carboxylic acids is 3. The Labute approximate surface area is 243 Å². The van der Waals surface area contributed by atoms with Crippen LogP contribution in [0, 0.1) is 0 Å². The normalized spacial score (nSPS) is 18.2. The fourth-order valence-electron chi connectivity index (χ4n) is 5.09. The van der Waals surface area contributed by atoms with Crippen molar-refractivity contribution in [3.05, 3.63) is 87.9 Å². The van der Waals surface area contributed by atoms with Gasteiger partial charge in [-0.05, 0) is 67.9 Å². The summed E-state index contributed by atoms with van der Waals surface area (Å²) < 4.78 is 5.98. The van der Waals surface area contributed by atoms with Crippen molar-refractivity contribution in [2.24, 2.45) is 0 Å². The Hall–Kier alpha value is -3.59. The highest BCUT2D eigenvalue weighted by Gasteiger charge is 2.37. The molecule has 2 heterocycles. The molecule has 0 spiro atoms. The van der Waals surface area contributed by atoms with E-state index < -0.39 is 12.1 Å². The maximum atomic E-state index is 14.1. The summed E-state index contributed by atoms with van der Waals surface area (Å²) in [5.74, 6) is -0.259. The third kappa shape index (κ3) is 6.09. The van der Waals surface area contributed by atoms with E-state index in [4.69, 9.17) is 27.9 Å². The first-order valence-corrected chi connectivity index (χ1v) is 14.0. The molecule has 2 unspecified atom stereocenters. The molecule has 2 aliphatic rings. The average molecular weight is 582 g/mol. The lowest BCUT2D eigenvalue weighted by atomic mass is 10.00. The molecule has 208 valence electrons. The maximum absolute atomic E-state index is 14.1. The molecule has 1 fully saturated rings. The van der Waals surface area contributed by atoms with E-state index in [2.05, 4.69) is 10.6 Å². The first kappa shape index (κ1) is 28.0. The number of hydrogen-bond acceptors (Lipinski definition) is 5. The summed E-state index contributed by atoms with van der Waals surface area (Å²) in [6.45, 7) is 4.49. The van der Waals surface area contributed by atoms with Gasteiger partial charge in [0.2, 0.25) is 5.91 Å². The van der Waals surface area contributed by atoms with Crippen molar-refractivity contribution in [2.75, 3.05) is 36.4 Å². The van der Waals surface area contributed by atoms with Crippen molar-refractivity contribution in [3.63, 3.8) is 0 Å². The predicted molar refractivity (Wildman–Crippen MR) is 156 cm³/mol. The SMILES string of the molecule is CC(Oc1ccccc1)C(=O)N1c2ccc(C(=O)N3CCCNCC3)cc2NC(=O)CC1c1ccc(Cl)cc1Cl. The Balaban J connectivity index is 1.56. The van der Waals surface area contributed by atoms with E-state index in [1.807, 2.05) is 18.2 Å². The standard InChI is InChI=1S/C30H30Cl2N4O4/c1-19(40-22-6-3-2-4-7-22)29(38)36-26-11-8-20(30(39)35-14-5-12-33-13-15-35)16-25(26)34-28(37)18-27(36)23-10-9-21(31)17-24(23)32/h2-4,6-11,16-17,19,27,33H,5,12-15,18H2,1H3,(H,34,37). The van der Waals surface area contributed by atoms with Crippen molar-refractivity contribution in [1.82, 2.24) is 10.2 Å². The van der Waals surface area contributed by atoms with Crippen LogP contribution in [0.3, 0.4) is 0 Å². The number of nitrogens with zero attached hydrogens (tertiary/aromatic N) is 2. The highest BCUT2D eigenvalue weighted by atomic mass is 35.5. The van der Waals surface area contributed by atoms with E-state index in [1.54, 1.807) is 65.3 Å². The second-order valence-corrected chi connectivity index (χ2v) is 10.7. The van der Waals surface area contributed by atoms with Gasteiger partial charge in [-0.1, -0.05) is 47.5 Å². The lowest BCUT2D eigenvalue weighted by Crippen LogP contribution is -2.43. The number of benzene rings is 3. The van der Waals surface area contributed by atoms with Gasteiger partial charge in [-0.2, -0.15) is 0 Å². The quantitative estimate of drug-likeness (QED) is 0.426. The topological polar surface area (TPSA) is 91.0 Å². The van der Waals surface area contributed by atoms with Crippen molar-refractivity contribution in [1.29, 1.82) is 0 Å². The van der Waals surface area contributed by atoms with Crippen LogP contribution in [-0.2, 0) is 9.59 Å². The van der Waals surface area contributed by atoms with Gasteiger partial charge < -0.3 is 20.3 Å². The Morgan fingerprint density at radius 2 is 1.80 bits per heavy atom. The third-order valence-electron chi connectivity index (χ3n) is 7.06. The van der Waals surface area contributed by atoms with Crippen molar-refractivity contribution < 1.29 is 19.1 Å². The molecular weight excluding hydrogens is 551 g/mol. The van der Waals surface area contributed by atoms with Crippen LogP contribution in [0.25, 0.3) is 0 Å². The molecule has 2 N–H and O–H groups in total. The zero-order chi connectivity index (χ0) is 28.2. The van der Waals surface area contributed by atoms with Gasteiger partial charge in [-0.3, -0.25) is 19.3 Å². The average Bonchev–Trinajstić information content (AvgIpc) is 3.30. The van der Waals surface area contributed by atoms with Crippen LogP contribution in [0.2, 0.25) is 10.0 Å². The fourth-order valence-corrected chi connectivity index (χ4v) is 5.62. The number of hydrogen-bond donors (Lipinski definition) is 2. The van der Waals surface area contributed by atoms with Crippen molar-refractivity contribution in [2.45, 2.75) is 31.9 Å². The first-order valence-electron chi connectivity index (χ1n) is 13.3. The highest BCUT2D eigenvalue weighted by molar-refractivity contribution is 6.35. The molecule has 40 heavy (non-hydrogen) atoms. The number of para-hydroxylation sites is 1. The molecule has 8 nitrogen and oxygen atoms in total. The Morgan fingerprint density at radius 3 is 2.58 bits per heavy atom. The summed E-state index contributed by atoms with van der Waals surface area (Å²) in [6, 6.07) is 18.4. The summed E-state index contributed by atoms with van der Waals surface area (Å²) in [6.07, 6.45) is -0.0812. The number of fused-ring (bicyclic) bond motifs is 1. The zero-order valence-corrected chi connectivity index (χ0v) is 23.5. The van der Waals surface area contributed by atoms with Gasteiger partial charge >= 0.3 is 0 Å². The van der Waals surface area contributed by atoms with E-state index in [9.17, 15) is 14.4 Å². The largest absolute Gasteiger partial charge is 0.481 e. The molecule has 10 heteroatoms. The van der Waals surface area contributed by atoms with Crippen LogP contribution >= 0.6 is 23.2 Å². The van der Waals surface area contributed by atoms with Gasteiger partial charge in [0.1, 0.15) is 5.75 Å². The molecule has 2 atom stereocenters. The monoisotopic (exact) mass is 580 g/mol. The van der Waals surface area contributed by atoms with Crippen LogP contribution in [0.1, 0.15) is 41.7 Å². The molecule has 0 radical (unpaired) electrons. The van der Waals surface area contributed by atoms with E-state index in [1.165, 1.54) is 0 Å². The highest BCUT2D eigenvalue weighted by Crippen LogP contribution is 2.42. The van der Waals surface area contributed by atoms with Gasteiger partial charge in [-0.15, -0.1) is 0 Å². The van der Waals surface area contributed by atoms with Crippen molar-refractivity contribution >= 4 is 52.3 Å². The summed E-state index contributed by atoms with van der Waals surface area (Å²) in [5.41, 5.74) is 1.83. The number of rotatable bonds is 5. The van der Waals surface area contributed by atoms with Crippen molar-refractivity contribution in [3.8, 4) is 5.75 Å². The second-order valence-electron chi connectivity index (χ2n) is 9.84. The first-order chi connectivity index (χ1) is 19.3. The number of halogens is 2. The fraction of sp³-hybridized carbons (Fsp3) is 0.300. The van der Waals surface area contributed by atoms with E-state index in [0.29, 0.717) is 51.4 Å². The molecule has 1 saturated heterocycles. The van der Waals surface area contributed by atoms with Gasteiger partial charge in [-0.25, -0.2) is 0 Å². The minimum absolute atomic E-state index is 0.0547. The van der Waals surface area contributed by atoms with E-state index in [-0.39, 0.29) is 24.1 Å². The molecule has 0 saturated carbocycles. The smallest absolute Gasteiger partial charge is 0.268 e. The Kier molecular flexibility index (Phi) is 8.59. The van der Waals surface area contributed by atoms with Crippen LogP contribution < -0.4 is 20.3 Å². The molecule has 3 aromatic carbocycles. The molecule has 0 bridgehead atoms. The molecule has 2 aliphatic heterocycles. The summed E-state index contributed by atoms with van der Waals surface area (Å²) in [5, 5.41) is 6.99. The third-order valence-corrected chi connectivity index (χ3v) is 7.62. The summed E-state index contributed by atoms with van der Waals surface area (Å²) in [7, 11) is 0. The van der Waals surface area contributed by atoms with Gasteiger partial charge in [0.25, 0.3) is 11.8 Å². The number of nitrogens with one attached hydrogen (secondary N) is 2. The van der Waals surface area contributed by atoms with Gasteiger partial charge in [0.05, 0.1) is 23.8 Å². The number of amides is 3. The van der Waals surface area contributed by atoms with Gasteiger partial charge in [0, 0.05) is 35.2 Å². The van der Waals surface area contributed by atoms with Gasteiger partial charge in [0.15, 0.2) is 6.10 Å². The summed E-state index contributed by atoms with van der Waals surface area (Å²) in [4.78, 5) is 44.0. The molecular formula is C30H30Cl2N4O4. The lowest BCUT2D eigenvalue weighted by molar-refractivity contribution is -0.125. The number of ether oxygens (including phenoxy) is 1. The lowest BCUT2D eigenvalue weighted by Gasteiger charge is -2.33. The van der Waals surface area contributed by atoms with Crippen LogP contribution in [-0.4, -0.2) is 54.9 Å². The van der Waals surface area contributed by atoms with Crippen LogP contribution in [0.15, 0.2) is 66.7 Å². The molecule has 0 aliphatic carbocycles. The maximum Gasteiger partial charge on any atom is 0.268 e. The predicted octanol–water partition coefficient (Wildman–Crippen LogP) is 5.31. The molecule has 0 aromatic heterocycles. The Morgan fingerprint density at radius 1 is 1.00 bits per heavy atom. The number of anilines is 2. The zero-order valence-electron chi connectivity index (χ0n) is 22.0. The minimum atomic E-state index is -0.886. The van der Waals surface area contributed by atoms with E-state index >= 15 is 0 Å². The van der Waals surface area contributed by atoms with Crippen LogP contribution in [0.5, 0.6) is 5.75 Å².